The minimum absolute atomic E-state index is 0.205. The summed E-state index contributed by atoms with van der Waals surface area (Å²) in [5, 5.41) is 9.12. The van der Waals surface area contributed by atoms with Gasteiger partial charge in [-0.2, -0.15) is 18.4 Å². The van der Waals surface area contributed by atoms with Crippen LogP contribution in [0.1, 0.15) is 36.9 Å². The molecule has 1 heterocycles. The summed E-state index contributed by atoms with van der Waals surface area (Å²) in [6.07, 6.45) is -0.309. The molecule has 2 aliphatic rings. The fraction of sp³-hybridized carbons (Fsp3) is 0.571. The second-order valence-corrected chi connectivity index (χ2v) is 5.50. The van der Waals surface area contributed by atoms with Gasteiger partial charge in [0.25, 0.3) is 0 Å². The van der Waals surface area contributed by atoms with E-state index in [1.165, 1.54) is 6.07 Å². The van der Waals surface area contributed by atoms with Gasteiger partial charge >= 0.3 is 6.18 Å². The van der Waals surface area contributed by atoms with E-state index in [4.69, 9.17) is 5.26 Å². The molecule has 0 aromatic carbocycles. The number of anilines is 1. The first kappa shape index (κ1) is 13.2. The van der Waals surface area contributed by atoms with E-state index in [1.807, 2.05) is 11.0 Å². The van der Waals surface area contributed by atoms with Gasteiger partial charge in [-0.1, -0.05) is 0 Å². The van der Waals surface area contributed by atoms with Gasteiger partial charge in [0.05, 0.1) is 5.56 Å². The number of hydrogen-bond donors (Lipinski definition) is 0. The highest BCUT2D eigenvalue weighted by atomic mass is 19.4. The number of halogens is 3. The van der Waals surface area contributed by atoms with E-state index in [2.05, 4.69) is 4.98 Å². The van der Waals surface area contributed by atoms with E-state index in [1.54, 1.807) is 0 Å². The maximum absolute atomic E-state index is 12.8. The summed E-state index contributed by atoms with van der Waals surface area (Å²) in [5.41, 5.74) is -0.696. The lowest BCUT2D eigenvalue weighted by atomic mass is 10.2. The Balaban J connectivity index is 1.97. The van der Waals surface area contributed by atoms with Gasteiger partial charge in [-0.25, -0.2) is 4.98 Å². The van der Waals surface area contributed by atoms with E-state index in [-0.39, 0.29) is 17.4 Å². The largest absolute Gasteiger partial charge is 0.433 e. The van der Waals surface area contributed by atoms with Gasteiger partial charge < -0.3 is 4.90 Å². The maximum Gasteiger partial charge on any atom is 0.433 e. The molecule has 0 atom stereocenters. The minimum Gasteiger partial charge on any atom is -0.352 e. The minimum atomic E-state index is -4.47. The van der Waals surface area contributed by atoms with Gasteiger partial charge in [0.15, 0.2) is 0 Å². The van der Waals surface area contributed by atoms with E-state index in [0.29, 0.717) is 12.5 Å². The van der Waals surface area contributed by atoms with Crippen molar-refractivity contribution in [3.8, 4) is 6.07 Å². The van der Waals surface area contributed by atoms with Crippen LogP contribution in [0.2, 0.25) is 0 Å². The number of rotatable bonds is 4. The molecule has 3 nitrogen and oxygen atoms in total. The molecule has 2 saturated carbocycles. The lowest BCUT2D eigenvalue weighted by Gasteiger charge is -2.25. The molecule has 6 heteroatoms. The maximum atomic E-state index is 12.8. The molecule has 1 aromatic rings. The Morgan fingerprint density at radius 1 is 1.25 bits per heavy atom. The number of hydrogen-bond acceptors (Lipinski definition) is 3. The summed E-state index contributed by atoms with van der Waals surface area (Å²) in [4.78, 5) is 5.64. The third-order valence-electron chi connectivity index (χ3n) is 3.70. The van der Waals surface area contributed by atoms with Crippen molar-refractivity contribution in [2.75, 3.05) is 11.4 Å². The third-order valence-corrected chi connectivity index (χ3v) is 3.70. The van der Waals surface area contributed by atoms with Crippen molar-refractivity contribution in [2.24, 2.45) is 5.92 Å². The van der Waals surface area contributed by atoms with E-state index >= 15 is 0 Å². The fourth-order valence-corrected chi connectivity index (χ4v) is 2.29. The van der Waals surface area contributed by atoms with Gasteiger partial charge in [-0.15, -0.1) is 0 Å². The average Bonchev–Trinajstić information content (AvgIpc) is 3.26. The molecule has 2 fully saturated rings. The van der Waals surface area contributed by atoms with Gasteiger partial charge in [0.1, 0.15) is 17.6 Å². The molecule has 2 aliphatic carbocycles. The Labute approximate surface area is 115 Å². The summed E-state index contributed by atoms with van der Waals surface area (Å²) in [6.45, 7) is 0.716. The number of alkyl halides is 3. The molecule has 20 heavy (non-hydrogen) atoms. The summed E-state index contributed by atoms with van der Waals surface area (Å²) in [5.74, 6) is 0.746. The van der Waals surface area contributed by atoms with Crippen LogP contribution in [0, 0.1) is 17.2 Å². The highest BCUT2D eigenvalue weighted by Crippen LogP contribution is 2.39. The Bertz CT molecular complexity index is 554. The molecule has 106 valence electrons. The second kappa shape index (κ2) is 4.65. The molecular formula is C14H14F3N3. The van der Waals surface area contributed by atoms with Crippen molar-refractivity contribution in [2.45, 2.75) is 37.9 Å². The van der Waals surface area contributed by atoms with Gasteiger partial charge in [-0.3, -0.25) is 0 Å². The highest BCUT2D eigenvalue weighted by molar-refractivity contribution is 5.56. The lowest BCUT2D eigenvalue weighted by molar-refractivity contribution is -0.141. The van der Waals surface area contributed by atoms with Crippen LogP contribution in [-0.4, -0.2) is 17.6 Å². The monoisotopic (exact) mass is 281 g/mol. The number of nitriles is 1. The zero-order valence-corrected chi connectivity index (χ0v) is 10.8. The average molecular weight is 281 g/mol. The summed E-state index contributed by atoms with van der Waals surface area (Å²) < 4.78 is 38.4. The quantitative estimate of drug-likeness (QED) is 0.849. The molecule has 0 saturated heterocycles. The number of nitrogens with zero attached hydrogens (tertiary/aromatic N) is 3. The summed E-state index contributed by atoms with van der Waals surface area (Å²) >= 11 is 0. The third kappa shape index (κ3) is 2.72. The normalized spacial score (nSPS) is 18.7. The molecule has 3 rings (SSSR count). The van der Waals surface area contributed by atoms with E-state index in [0.717, 1.165) is 31.7 Å². The van der Waals surface area contributed by atoms with Crippen molar-refractivity contribution >= 4 is 5.82 Å². The standard InChI is InChI=1S/C14H14F3N3/c15-14(16,17)12-6-3-10(7-18)13(19-12)20(11-4-5-11)8-9-1-2-9/h3,6,9,11H,1-2,4-5,8H2. The molecule has 0 spiro atoms. The molecule has 0 N–H and O–H groups in total. The van der Waals surface area contributed by atoms with E-state index in [9.17, 15) is 13.2 Å². The van der Waals surface area contributed by atoms with Crippen LogP contribution in [0.5, 0.6) is 0 Å². The van der Waals surface area contributed by atoms with Crippen molar-refractivity contribution in [1.29, 1.82) is 5.26 Å². The summed E-state index contributed by atoms with van der Waals surface area (Å²) in [6, 6.07) is 4.32. The molecule has 0 amide bonds. The first-order valence-corrected chi connectivity index (χ1v) is 6.74. The van der Waals surface area contributed by atoms with Gasteiger partial charge in [0, 0.05) is 12.6 Å². The summed E-state index contributed by atoms with van der Waals surface area (Å²) in [7, 11) is 0. The van der Waals surface area contributed by atoms with Crippen molar-refractivity contribution in [1.82, 2.24) is 4.98 Å². The zero-order chi connectivity index (χ0) is 14.3. The Hall–Kier alpha value is -1.77. The number of aromatic nitrogens is 1. The predicted octanol–water partition coefficient (Wildman–Crippen LogP) is 3.35. The van der Waals surface area contributed by atoms with Crippen LogP contribution in [-0.2, 0) is 6.18 Å². The topological polar surface area (TPSA) is 39.9 Å². The van der Waals surface area contributed by atoms with Crippen molar-refractivity contribution in [3.63, 3.8) is 0 Å². The van der Waals surface area contributed by atoms with Gasteiger partial charge in [0.2, 0.25) is 0 Å². The van der Waals surface area contributed by atoms with Crippen LogP contribution >= 0.6 is 0 Å². The second-order valence-electron chi connectivity index (χ2n) is 5.50. The fourth-order valence-electron chi connectivity index (χ4n) is 2.29. The Kier molecular flexibility index (Phi) is 3.08. The molecule has 0 bridgehead atoms. The molecular weight excluding hydrogens is 267 g/mol. The Morgan fingerprint density at radius 3 is 2.45 bits per heavy atom. The lowest BCUT2D eigenvalue weighted by Crippen LogP contribution is -2.30. The smallest absolute Gasteiger partial charge is 0.352 e. The first-order valence-electron chi connectivity index (χ1n) is 6.74. The number of pyridine rings is 1. The molecule has 0 aliphatic heterocycles. The SMILES string of the molecule is N#Cc1ccc(C(F)(F)F)nc1N(CC1CC1)C1CC1. The van der Waals surface area contributed by atoms with Gasteiger partial charge in [-0.05, 0) is 43.7 Å². The van der Waals surface area contributed by atoms with Crippen molar-refractivity contribution in [3.05, 3.63) is 23.4 Å². The van der Waals surface area contributed by atoms with Crippen LogP contribution in [0.15, 0.2) is 12.1 Å². The Morgan fingerprint density at radius 2 is 1.95 bits per heavy atom. The molecule has 0 unspecified atom stereocenters. The van der Waals surface area contributed by atoms with Crippen LogP contribution in [0.25, 0.3) is 0 Å². The van der Waals surface area contributed by atoms with Crippen LogP contribution in [0.4, 0.5) is 19.0 Å². The predicted molar refractivity (Wildman–Crippen MR) is 67.0 cm³/mol. The van der Waals surface area contributed by atoms with E-state index < -0.39 is 11.9 Å². The molecule has 1 aromatic heterocycles. The van der Waals surface area contributed by atoms with Crippen LogP contribution < -0.4 is 4.90 Å². The highest BCUT2D eigenvalue weighted by Gasteiger charge is 2.38. The zero-order valence-electron chi connectivity index (χ0n) is 10.8. The molecule has 0 radical (unpaired) electrons. The first-order chi connectivity index (χ1) is 9.49. The van der Waals surface area contributed by atoms with Crippen LogP contribution in [0.3, 0.4) is 0 Å². The van der Waals surface area contributed by atoms with Crippen molar-refractivity contribution < 1.29 is 13.2 Å².